The number of fused-ring (bicyclic) bond motifs is 1. The molecule has 2 heterocycles. The molecule has 2 atom stereocenters. The third-order valence-corrected chi connectivity index (χ3v) is 6.77. The summed E-state index contributed by atoms with van der Waals surface area (Å²) in [6.07, 6.45) is 1.97. The number of para-hydroxylation sites is 1. The highest BCUT2D eigenvalue weighted by Crippen LogP contribution is 2.37. The fraction of sp³-hybridized carbons (Fsp3) is 0.348. The van der Waals surface area contributed by atoms with Crippen LogP contribution in [0.1, 0.15) is 41.9 Å². The van der Waals surface area contributed by atoms with Gasteiger partial charge in [-0.25, -0.2) is 9.78 Å². The smallest absolute Gasteiger partial charge is 0.307 e. The van der Waals surface area contributed by atoms with Crippen molar-refractivity contribution in [3.63, 3.8) is 0 Å². The number of imide groups is 1. The molecule has 30 heavy (non-hydrogen) atoms. The number of carbonyl (C=O) groups is 2. The van der Waals surface area contributed by atoms with Gasteiger partial charge in [0.1, 0.15) is 5.01 Å². The minimum Gasteiger partial charge on any atom is -0.307 e. The number of aromatic nitrogens is 1. The van der Waals surface area contributed by atoms with Crippen molar-refractivity contribution < 1.29 is 9.59 Å². The number of anilines is 1. The first-order valence-electron chi connectivity index (χ1n) is 10.2. The van der Waals surface area contributed by atoms with Crippen LogP contribution in [-0.4, -0.2) is 34.4 Å². The van der Waals surface area contributed by atoms with Crippen LogP contribution in [0.3, 0.4) is 0 Å². The summed E-state index contributed by atoms with van der Waals surface area (Å²) in [4.78, 5) is 32.1. The molecule has 1 fully saturated rings. The molecule has 0 spiro atoms. The van der Waals surface area contributed by atoms with E-state index in [-0.39, 0.29) is 11.9 Å². The highest BCUT2D eigenvalue weighted by atomic mass is 32.1. The number of aryl methyl sites for hydroxylation is 2. The maximum absolute atomic E-state index is 12.8. The number of carbonyl (C=O) groups excluding carboxylic acids is 2. The van der Waals surface area contributed by atoms with Crippen LogP contribution in [0.25, 0.3) is 10.2 Å². The van der Waals surface area contributed by atoms with Gasteiger partial charge in [-0.1, -0.05) is 29.8 Å². The summed E-state index contributed by atoms with van der Waals surface area (Å²) in [5.74, 6) is -0.301. The molecular weight excluding hydrogens is 396 g/mol. The van der Waals surface area contributed by atoms with Crippen molar-refractivity contribution in [1.29, 1.82) is 0 Å². The average molecular weight is 423 g/mol. The van der Waals surface area contributed by atoms with E-state index in [1.165, 1.54) is 0 Å². The topological polar surface area (TPSA) is 74.3 Å². The SMILES string of the molecule is Cc1ccc(NC(=O)NC(=O)C(C)N2CCCC2c2nc3ccccc3s2)c(C)c1. The lowest BCUT2D eigenvalue weighted by Crippen LogP contribution is -2.47. The molecule has 6 nitrogen and oxygen atoms in total. The molecule has 3 aromatic rings. The molecule has 1 aromatic heterocycles. The van der Waals surface area contributed by atoms with Crippen LogP contribution in [0.5, 0.6) is 0 Å². The Hall–Kier alpha value is -2.77. The van der Waals surface area contributed by atoms with Crippen molar-refractivity contribution in [3.8, 4) is 0 Å². The van der Waals surface area contributed by atoms with Gasteiger partial charge in [0.2, 0.25) is 5.91 Å². The number of amides is 3. The summed E-state index contributed by atoms with van der Waals surface area (Å²) >= 11 is 1.68. The highest BCUT2D eigenvalue weighted by Gasteiger charge is 2.35. The molecule has 0 bridgehead atoms. The molecule has 0 aliphatic carbocycles. The zero-order valence-corrected chi connectivity index (χ0v) is 18.3. The Morgan fingerprint density at radius 3 is 2.77 bits per heavy atom. The Morgan fingerprint density at radius 2 is 2.00 bits per heavy atom. The number of likely N-dealkylation sites (tertiary alicyclic amines) is 1. The van der Waals surface area contributed by atoms with Gasteiger partial charge >= 0.3 is 6.03 Å². The van der Waals surface area contributed by atoms with Crippen LogP contribution in [0.4, 0.5) is 10.5 Å². The number of nitrogens with zero attached hydrogens (tertiary/aromatic N) is 2. The number of hydrogen-bond acceptors (Lipinski definition) is 5. The summed E-state index contributed by atoms with van der Waals surface area (Å²) in [5.41, 5.74) is 3.78. The van der Waals surface area contributed by atoms with Gasteiger partial charge in [0.05, 0.1) is 22.3 Å². The number of urea groups is 1. The van der Waals surface area contributed by atoms with Gasteiger partial charge < -0.3 is 5.32 Å². The molecule has 0 radical (unpaired) electrons. The van der Waals surface area contributed by atoms with Crippen LogP contribution in [-0.2, 0) is 4.79 Å². The molecule has 7 heteroatoms. The predicted octanol–water partition coefficient (Wildman–Crippen LogP) is 4.79. The van der Waals surface area contributed by atoms with Crippen molar-refractivity contribution >= 4 is 39.2 Å². The van der Waals surface area contributed by atoms with Crippen molar-refractivity contribution in [2.75, 3.05) is 11.9 Å². The summed E-state index contributed by atoms with van der Waals surface area (Å²) in [6.45, 7) is 6.60. The van der Waals surface area contributed by atoms with Crippen LogP contribution >= 0.6 is 11.3 Å². The van der Waals surface area contributed by atoms with E-state index in [0.717, 1.165) is 45.7 Å². The number of thiazole rings is 1. The first-order chi connectivity index (χ1) is 14.4. The zero-order valence-electron chi connectivity index (χ0n) is 17.4. The van der Waals surface area contributed by atoms with E-state index in [4.69, 9.17) is 4.98 Å². The van der Waals surface area contributed by atoms with Crippen LogP contribution in [0, 0.1) is 13.8 Å². The first-order valence-corrected chi connectivity index (χ1v) is 11.0. The van der Waals surface area contributed by atoms with Crippen molar-refractivity contribution in [2.24, 2.45) is 0 Å². The maximum atomic E-state index is 12.8. The van der Waals surface area contributed by atoms with Crippen LogP contribution in [0.2, 0.25) is 0 Å². The number of nitrogens with one attached hydrogen (secondary N) is 2. The van der Waals surface area contributed by atoms with Gasteiger partial charge in [-0.15, -0.1) is 11.3 Å². The van der Waals surface area contributed by atoms with Gasteiger partial charge in [-0.2, -0.15) is 0 Å². The zero-order chi connectivity index (χ0) is 21.3. The lowest BCUT2D eigenvalue weighted by Gasteiger charge is -2.28. The molecule has 3 amide bonds. The molecule has 1 saturated heterocycles. The highest BCUT2D eigenvalue weighted by molar-refractivity contribution is 7.18. The lowest BCUT2D eigenvalue weighted by molar-refractivity contribution is -0.125. The van der Waals surface area contributed by atoms with Crippen molar-refractivity contribution in [1.82, 2.24) is 15.2 Å². The third-order valence-electron chi connectivity index (χ3n) is 5.63. The van der Waals surface area contributed by atoms with Gasteiger partial charge in [-0.05, 0) is 63.9 Å². The van der Waals surface area contributed by atoms with Gasteiger partial charge in [-0.3, -0.25) is 15.0 Å². The summed E-state index contributed by atoms with van der Waals surface area (Å²) < 4.78 is 1.16. The van der Waals surface area contributed by atoms with E-state index in [0.29, 0.717) is 5.69 Å². The second kappa shape index (κ2) is 8.53. The summed E-state index contributed by atoms with van der Waals surface area (Å²) in [5, 5.41) is 6.31. The summed E-state index contributed by atoms with van der Waals surface area (Å²) in [7, 11) is 0. The number of hydrogen-bond donors (Lipinski definition) is 2. The second-order valence-corrected chi connectivity index (χ2v) is 8.92. The Bertz CT molecular complexity index is 1060. The van der Waals surface area contributed by atoms with Crippen LogP contribution < -0.4 is 10.6 Å². The Kier molecular flexibility index (Phi) is 5.83. The number of benzene rings is 2. The molecule has 2 N–H and O–H groups in total. The second-order valence-electron chi connectivity index (χ2n) is 7.85. The molecule has 2 aromatic carbocycles. The Labute approximate surface area is 180 Å². The molecule has 2 unspecified atom stereocenters. The number of rotatable bonds is 4. The van der Waals surface area contributed by atoms with Gasteiger partial charge in [0.15, 0.2) is 0 Å². The molecule has 1 aliphatic rings. The lowest BCUT2D eigenvalue weighted by atomic mass is 10.1. The predicted molar refractivity (Wildman–Crippen MR) is 121 cm³/mol. The molecular formula is C23H26N4O2S. The van der Waals surface area contributed by atoms with E-state index in [1.807, 2.05) is 57.2 Å². The van der Waals surface area contributed by atoms with E-state index in [2.05, 4.69) is 21.6 Å². The fourth-order valence-electron chi connectivity index (χ4n) is 4.02. The molecule has 0 saturated carbocycles. The minimum absolute atomic E-state index is 0.102. The van der Waals surface area contributed by atoms with E-state index < -0.39 is 12.1 Å². The standard InChI is InChI=1S/C23H26N4O2S/c1-14-10-11-17(15(2)13-14)25-23(29)26-21(28)16(3)27-12-6-8-19(27)22-24-18-7-4-5-9-20(18)30-22/h4-5,7,9-11,13,16,19H,6,8,12H2,1-3H3,(H2,25,26,28,29). The largest absolute Gasteiger partial charge is 0.325 e. The quantitative estimate of drug-likeness (QED) is 0.634. The first kappa shape index (κ1) is 20.5. The van der Waals surface area contributed by atoms with Crippen molar-refractivity contribution in [2.45, 2.75) is 45.7 Å². The Morgan fingerprint density at radius 1 is 1.20 bits per heavy atom. The van der Waals surface area contributed by atoms with E-state index in [1.54, 1.807) is 11.3 Å². The van der Waals surface area contributed by atoms with Crippen LogP contribution in [0.15, 0.2) is 42.5 Å². The monoisotopic (exact) mass is 422 g/mol. The summed E-state index contributed by atoms with van der Waals surface area (Å²) in [6, 6.07) is 13.0. The van der Waals surface area contributed by atoms with Gasteiger partial charge in [0, 0.05) is 5.69 Å². The molecule has 156 valence electrons. The Balaban J connectivity index is 1.42. The van der Waals surface area contributed by atoms with E-state index >= 15 is 0 Å². The maximum Gasteiger partial charge on any atom is 0.325 e. The fourth-order valence-corrected chi connectivity index (χ4v) is 5.15. The normalized spacial score (nSPS) is 17.8. The van der Waals surface area contributed by atoms with Gasteiger partial charge in [0.25, 0.3) is 0 Å². The molecule has 1 aliphatic heterocycles. The average Bonchev–Trinajstić information content (AvgIpc) is 3.35. The van der Waals surface area contributed by atoms with E-state index in [9.17, 15) is 9.59 Å². The van der Waals surface area contributed by atoms with Crippen molar-refractivity contribution in [3.05, 3.63) is 58.6 Å². The molecule has 4 rings (SSSR count). The third kappa shape index (κ3) is 4.22. The minimum atomic E-state index is -0.505.